The first-order valence-corrected chi connectivity index (χ1v) is 8.40. The van der Waals surface area contributed by atoms with E-state index >= 15 is 0 Å². The molecular formula is C18H29NNa2O4. The van der Waals surface area contributed by atoms with Crippen molar-refractivity contribution in [3.8, 4) is 0 Å². The quantitative estimate of drug-likeness (QED) is 0.389. The molecule has 0 heterocycles. The molecule has 0 aliphatic rings. The molecule has 0 atom stereocenters. The molecule has 0 saturated heterocycles. The van der Waals surface area contributed by atoms with Gasteiger partial charge in [-0.1, -0.05) is 51.9 Å². The second kappa shape index (κ2) is 16.2. The van der Waals surface area contributed by atoms with Crippen LogP contribution >= 0.6 is 0 Å². The number of aromatic carboxylic acids is 2. The van der Waals surface area contributed by atoms with Gasteiger partial charge >= 0.3 is 71.1 Å². The van der Waals surface area contributed by atoms with E-state index in [1.165, 1.54) is 56.7 Å². The van der Waals surface area contributed by atoms with Crippen LogP contribution in [0.5, 0.6) is 0 Å². The Labute approximate surface area is 194 Å². The van der Waals surface area contributed by atoms with E-state index in [1.807, 2.05) is 0 Å². The average molecular weight is 369 g/mol. The molecule has 0 bridgehead atoms. The average Bonchev–Trinajstić information content (AvgIpc) is 2.53. The summed E-state index contributed by atoms with van der Waals surface area (Å²) in [6.07, 6.45) is 9.78. The van der Waals surface area contributed by atoms with Crippen LogP contribution in [0.25, 0.3) is 0 Å². The Balaban J connectivity index is 0. The van der Waals surface area contributed by atoms with Gasteiger partial charge < -0.3 is 15.5 Å². The van der Waals surface area contributed by atoms with Crippen molar-refractivity contribution in [2.75, 3.05) is 11.9 Å². The molecule has 132 valence electrons. The second-order valence-corrected chi connectivity index (χ2v) is 5.81. The van der Waals surface area contributed by atoms with E-state index < -0.39 is 11.9 Å². The minimum absolute atomic E-state index is 0. The maximum absolute atomic E-state index is 11.0. The Morgan fingerprint density at radius 1 is 0.800 bits per heavy atom. The fraction of sp³-hybridized carbons (Fsp3) is 0.556. The molecule has 3 N–H and O–H groups in total. The third kappa shape index (κ3) is 12.1. The van der Waals surface area contributed by atoms with Gasteiger partial charge in [-0.15, -0.1) is 0 Å². The monoisotopic (exact) mass is 369 g/mol. The van der Waals surface area contributed by atoms with Crippen molar-refractivity contribution in [2.24, 2.45) is 0 Å². The number of benzene rings is 1. The van der Waals surface area contributed by atoms with Crippen LogP contribution in [0.15, 0.2) is 18.2 Å². The number of rotatable bonds is 12. The van der Waals surface area contributed by atoms with Crippen molar-refractivity contribution in [2.45, 2.75) is 58.3 Å². The fourth-order valence-electron chi connectivity index (χ4n) is 2.47. The zero-order valence-electron chi connectivity index (χ0n) is 13.8. The zero-order valence-corrected chi connectivity index (χ0v) is 13.8. The molecule has 0 aliphatic carbocycles. The summed E-state index contributed by atoms with van der Waals surface area (Å²) in [6.45, 7) is 2.93. The molecule has 25 heavy (non-hydrogen) atoms. The summed E-state index contributed by atoms with van der Waals surface area (Å²) >= 11 is 0. The van der Waals surface area contributed by atoms with Gasteiger partial charge in [-0.25, -0.2) is 9.59 Å². The summed E-state index contributed by atoms with van der Waals surface area (Å²) in [5.41, 5.74) is 0.525. The standard InChI is InChI=1S/C18H27NO4.2Na.2H/c1-2-3-4-5-6-7-8-9-10-19-16-12-14(17(20)21)11-15(13-16)18(22)23;;;;/h11-13,19H,2-10H2,1H3,(H,20,21)(H,22,23);;;;. The first-order chi connectivity index (χ1) is 11.0. The maximum atomic E-state index is 11.0. The fourth-order valence-corrected chi connectivity index (χ4v) is 2.47. The summed E-state index contributed by atoms with van der Waals surface area (Å²) in [7, 11) is 0. The summed E-state index contributed by atoms with van der Waals surface area (Å²) in [5, 5.41) is 21.2. The Kier molecular flexibility index (Phi) is 17.6. The van der Waals surface area contributed by atoms with E-state index in [-0.39, 0.29) is 70.2 Å². The molecule has 7 heteroatoms. The summed E-state index contributed by atoms with van der Waals surface area (Å²) < 4.78 is 0. The van der Waals surface area contributed by atoms with Gasteiger partial charge in [0.05, 0.1) is 11.1 Å². The van der Waals surface area contributed by atoms with Crippen LogP contribution < -0.4 is 5.32 Å². The van der Waals surface area contributed by atoms with Crippen molar-refractivity contribution < 1.29 is 19.8 Å². The SMILES string of the molecule is CCCCCCCCCCNc1cc(C(=O)O)cc(C(=O)O)c1.[NaH].[NaH]. The van der Waals surface area contributed by atoms with Crippen LogP contribution in [-0.2, 0) is 0 Å². The molecule has 0 spiro atoms. The molecule has 0 saturated carbocycles. The Morgan fingerprint density at radius 3 is 1.68 bits per heavy atom. The van der Waals surface area contributed by atoms with Gasteiger partial charge in [0.15, 0.2) is 0 Å². The number of hydrogen-bond acceptors (Lipinski definition) is 3. The van der Waals surface area contributed by atoms with Crippen LogP contribution in [0.4, 0.5) is 5.69 Å². The third-order valence-electron chi connectivity index (χ3n) is 3.79. The van der Waals surface area contributed by atoms with Gasteiger partial charge in [0.2, 0.25) is 0 Å². The number of nitrogens with one attached hydrogen (secondary N) is 1. The van der Waals surface area contributed by atoms with Crippen molar-refractivity contribution in [1.82, 2.24) is 0 Å². The molecule has 0 fully saturated rings. The van der Waals surface area contributed by atoms with E-state index in [9.17, 15) is 9.59 Å². The van der Waals surface area contributed by atoms with E-state index in [0.717, 1.165) is 19.4 Å². The number of carboxylic acid groups (broad SMARTS) is 2. The Morgan fingerprint density at radius 2 is 1.24 bits per heavy atom. The topological polar surface area (TPSA) is 86.6 Å². The van der Waals surface area contributed by atoms with Gasteiger partial charge in [-0.2, -0.15) is 0 Å². The van der Waals surface area contributed by atoms with Gasteiger partial charge in [-0.3, -0.25) is 0 Å². The number of anilines is 1. The van der Waals surface area contributed by atoms with Crippen LogP contribution in [0, 0.1) is 0 Å². The molecule has 0 aliphatic heterocycles. The molecule has 0 amide bonds. The summed E-state index contributed by atoms with van der Waals surface area (Å²) in [6, 6.07) is 4.12. The van der Waals surface area contributed by atoms with Crippen LogP contribution in [0.3, 0.4) is 0 Å². The van der Waals surface area contributed by atoms with Gasteiger partial charge in [0.1, 0.15) is 0 Å². The van der Waals surface area contributed by atoms with Gasteiger partial charge in [0.25, 0.3) is 0 Å². The van der Waals surface area contributed by atoms with E-state index in [2.05, 4.69) is 12.2 Å². The molecular weight excluding hydrogens is 340 g/mol. The number of hydrogen-bond donors (Lipinski definition) is 3. The molecule has 0 radical (unpaired) electrons. The minimum atomic E-state index is -1.12. The van der Waals surface area contributed by atoms with Crippen LogP contribution in [0.1, 0.15) is 79.0 Å². The number of unbranched alkanes of at least 4 members (excludes halogenated alkanes) is 7. The molecule has 1 rings (SSSR count). The van der Waals surface area contributed by atoms with E-state index in [4.69, 9.17) is 10.2 Å². The van der Waals surface area contributed by atoms with Crippen molar-refractivity contribution in [1.29, 1.82) is 0 Å². The predicted octanol–water partition coefficient (Wildman–Crippen LogP) is 3.34. The van der Waals surface area contributed by atoms with Gasteiger partial charge in [-0.05, 0) is 24.6 Å². The van der Waals surface area contributed by atoms with E-state index in [0.29, 0.717) is 5.69 Å². The summed E-state index contributed by atoms with van der Waals surface area (Å²) in [4.78, 5) is 22.1. The molecule has 0 unspecified atom stereocenters. The predicted molar refractivity (Wildman–Crippen MR) is 106 cm³/mol. The third-order valence-corrected chi connectivity index (χ3v) is 3.79. The Hall–Kier alpha value is -0.0400. The number of carboxylic acids is 2. The normalized spacial score (nSPS) is 9.64. The number of carbonyl (C=O) groups is 2. The second-order valence-electron chi connectivity index (χ2n) is 5.81. The van der Waals surface area contributed by atoms with E-state index in [1.54, 1.807) is 0 Å². The zero-order chi connectivity index (χ0) is 17.1. The molecule has 1 aromatic rings. The van der Waals surface area contributed by atoms with Crippen molar-refractivity contribution in [3.63, 3.8) is 0 Å². The molecule has 5 nitrogen and oxygen atoms in total. The first kappa shape index (κ1) is 27.2. The molecule has 1 aromatic carbocycles. The van der Waals surface area contributed by atoms with Gasteiger partial charge in [0, 0.05) is 12.2 Å². The molecule has 0 aromatic heterocycles. The first-order valence-electron chi connectivity index (χ1n) is 8.40. The van der Waals surface area contributed by atoms with Crippen molar-refractivity contribution in [3.05, 3.63) is 29.3 Å². The van der Waals surface area contributed by atoms with Crippen LogP contribution in [-0.4, -0.2) is 87.8 Å². The van der Waals surface area contributed by atoms with Crippen LogP contribution in [0.2, 0.25) is 0 Å². The Bertz CT molecular complexity index is 492. The van der Waals surface area contributed by atoms with Crippen molar-refractivity contribution >= 4 is 76.7 Å². The summed E-state index contributed by atoms with van der Waals surface area (Å²) in [5.74, 6) is -2.24.